The maximum absolute atomic E-state index is 12.7. The van der Waals surface area contributed by atoms with Crippen molar-refractivity contribution in [1.29, 1.82) is 0 Å². The summed E-state index contributed by atoms with van der Waals surface area (Å²) in [6.45, 7) is 0. The minimum atomic E-state index is -1.67. The van der Waals surface area contributed by atoms with E-state index in [1.54, 1.807) is 12.1 Å². The van der Waals surface area contributed by atoms with Crippen LogP contribution in [0.5, 0.6) is 0 Å². The predicted octanol–water partition coefficient (Wildman–Crippen LogP) is 4.07. The predicted molar refractivity (Wildman–Crippen MR) is 87.1 cm³/mol. The summed E-state index contributed by atoms with van der Waals surface area (Å²) in [6.07, 6.45) is 5.13. The van der Waals surface area contributed by atoms with Gasteiger partial charge in [-0.2, -0.15) is 0 Å². The Bertz CT molecular complexity index is 540. The summed E-state index contributed by atoms with van der Waals surface area (Å²) in [4.78, 5) is 13.9. The Balaban J connectivity index is 0.00000176. The number of thiophene rings is 2. The minimum absolute atomic E-state index is 0. The fraction of sp³-hybridized carbons (Fsp3) is 0.438. The number of esters is 1. The number of carbonyl (C=O) groups is 1. The fourth-order valence-corrected chi connectivity index (χ4v) is 4.43. The molecule has 2 aromatic rings. The van der Waals surface area contributed by atoms with Gasteiger partial charge in [-0.05, 0) is 48.6 Å². The van der Waals surface area contributed by atoms with Crippen molar-refractivity contribution < 1.29 is 19.3 Å². The van der Waals surface area contributed by atoms with E-state index >= 15 is 0 Å². The summed E-state index contributed by atoms with van der Waals surface area (Å²) in [7, 11) is 0. The Morgan fingerprint density at radius 1 is 1.09 bits per heavy atom. The Morgan fingerprint density at radius 3 is 2.09 bits per heavy atom. The third-order valence-corrected chi connectivity index (χ3v) is 5.83. The number of halogens is 1. The van der Waals surface area contributed by atoms with Gasteiger partial charge in [0.2, 0.25) is 5.60 Å². The van der Waals surface area contributed by atoms with Gasteiger partial charge in [0.25, 0.3) is 0 Å². The zero-order valence-corrected chi connectivity index (χ0v) is 13.7. The first kappa shape index (κ1) is 17.1. The van der Waals surface area contributed by atoms with Crippen molar-refractivity contribution in [2.45, 2.75) is 43.8 Å². The topological polar surface area (TPSA) is 46.5 Å². The van der Waals surface area contributed by atoms with E-state index in [1.807, 2.05) is 22.9 Å². The van der Waals surface area contributed by atoms with Crippen molar-refractivity contribution in [2.24, 2.45) is 0 Å². The highest BCUT2D eigenvalue weighted by Gasteiger charge is 2.44. The van der Waals surface area contributed by atoms with Crippen LogP contribution in [0.4, 0.5) is 4.70 Å². The van der Waals surface area contributed by atoms with Crippen molar-refractivity contribution in [1.82, 2.24) is 0 Å². The third kappa shape index (κ3) is 3.24. The molecular formula is C16H19FO3S2. The molecule has 1 aliphatic rings. The summed E-state index contributed by atoms with van der Waals surface area (Å²) < 4.78 is 5.63. The largest absolute Gasteiger partial charge is 0.460 e. The molecule has 0 radical (unpaired) electrons. The van der Waals surface area contributed by atoms with Gasteiger partial charge in [0.15, 0.2) is 0 Å². The molecule has 0 aliphatic heterocycles. The summed E-state index contributed by atoms with van der Waals surface area (Å²) in [6, 6.07) is 7.25. The average Bonchev–Trinajstić information content (AvgIpc) is 3.21. The van der Waals surface area contributed by atoms with E-state index in [0.717, 1.165) is 25.7 Å². The second-order valence-electron chi connectivity index (χ2n) is 5.33. The molecule has 0 unspecified atom stereocenters. The first-order chi connectivity index (χ1) is 10.2. The molecule has 22 heavy (non-hydrogen) atoms. The monoisotopic (exact) mass is 342 g/mol. The number of hydrogen-bond donors (Lipinski definition) is 1. The summed E-state index contributed by atoms with van der Waals surface area (Å²) in [5, 5.41) is 14.8. The summed E-state index contributed by atoms with van der Waals surface area (Å²) >= 11 is 2.75. The molecule has 3 nitrogen and oxygen atoms in total. The van der Waals surface area contributed by atoms with Crippen molar-refractivity contribution in [3.63, 3.8) is 0 Å². The quantitative estimate of drug-likeness (QED) is 0.852. The number of ether oxygens (including phenoxy) is 1. The number of rotatable bonds is 4. The van der Waals surface area contributed by atoms with Gasteiger partial charge in [0.05, 0.1) is 9.75 Å². The lowest BCUT2D eigenvalue weighted by molar-refractivity contribution is -0.168. The van der Waals surface area contributed by atoms with Gasteiger partial charge >= 0.3 is 5.97 Å². The highest BCUT2D eigenvalue weighted by atomic mass is 32.1. The van der Waals surface area contributed by atoms with E-state index in [9.17, 15) is 9.90 Å². The van der Waals surface area contributed by atoms with Crippen LogP contribution in [0.3, 0.4) is 0 Å². The molecular weight excluding hydrogens is 323 g/mol. The molecule has 120 valence electrons. The van der Waals surface area contributed by atoms with Gasteiger partial charge in [-0.25, -0.2) is 4.79 Å². The lowest BCUT2D eigenvalue weighted by Gasteiger charge is -2.28. The van der Waals surface area contributed by atoms with Gasteiger partial charge in [-0.15, -0.1) is 22.7 Å². The lowest BCUT2D eigenvalue weighted by Crippen LogP contribution is -2.39. The van der Waals surface area contributed by atoms with E-state index in [0.29, 0.717) is 9.75 Å². The number of aliphatic hydroxyl groups is 1. The highest BCUT2D eigenvalue weighted by molar-refractivity contribution is 7.12. The van der Waals surface area contributed by atoms with E-state index < -0.39 is 11.6 Å². The molecule has 2 aromatic heterocycles. The van der Waals surface area contributed by atoms with Crippen molar-refractivity contribution in [3.05, 3.63) is 44.8 Å². The van der Waals surface area contributed by atoms with Crippen LogP contribution >= 0.6 is 22.7 Å². The Hall–Kier alpha value is -1.24. The van der Waals surface area contributed by atoms with Crippen LogP contribution in [0.15, 0.2) is 35.0 Å². The van der Waals surface area contributed by atoms with Crippen LogP contribution in [0, 0.1) is 0 Å². The molecule has 0 bridgehead atoms. The molecule has 3 rings (SSSR count). The zero-order valence-electron chi connectivity index (χ0n) is 12.1. The Kier molecular flexibility index (Phi) is 5.72. The zero-order chi connectivity index (χ0) is 14.7. The number of hydrogen-bond acceptors (Lipinski definition) is 5. The molecule has 0 aromatic carbocycles. The van der Waals surface area contributed by atoms with Gasteiger partial charge in [0.1, 0.15) is 6.10 Å². The van der Waals surface area contributed by atoms with Crippen LogP contribution in [-0.2, 0) is 15.1 Å². The van der Waals surface area contributed by atoms with Crippen molar-refractivity contribution in [2.75, 3.05) is 0 Å². The third-order valence-electron chi connectivity index (χ3n) is 3.88. The first-order valence-corrected chi connectivity index (χ1v) is 8.98. The molecule has 1 aliphatic carbocycles. The minimum Gasteiger partial charge on any atom is -0.460 e. The molecule has 1 saturated carbocycles. The molecule has 6 heteroatoms. The fourth-order valence-electron chi connectivity index (χ4n) is 2.71. The second kappa shape index (κ2) is 7.35. The SMILES string of the molecule is F.O=C(OC1CCCCC1)C(O)(c1cccs1)c1cccs1. The van der Waals surface area contributed by atoms with Gasteiger partial charge < -0.3 is 9.84 Å². The molecule has 1 fully saturated rings. The summed E-state index contributed by atoms with van der Waals surface area (Å²) in [5.41, 5.74) is -1.67. The van der Waals surface area contributed by atoms with Gasteiger partial charge in [-0.3, -0.25) is 4.70 Å². The van der Waals surface area contributed by atoms with E-state index in [-0.39, 0.29) is 10.8 Å². The van der Waals surface area contributed by atoms with Crippen molar-refractivity contribution in [3.8, 4) is 0 Å². The van der Waals surface area contributed by atoms with Crippen LogP contribution in [0.2, 0.25) is 0 Å². The Morgan fingerprint density at radius 2 is 1.64 bits per heavy atom. The maximum Gasteiger partial charge on any atom is 0.349 e. The van der Waals surface area contributed by atoms with E-state index in [1.165, 1.54) is 29.1 Å². The normalized spacial score (nSPS) is 16.0. The van der Waals surface area contributed by atoms with Crippen molar-refractivity contribution >= 4 is 28.6 Å². The average molecular weight is 342 g/mol. The van der Waals surface area contributed by atoms with E-state index in [2.05, 4.69) is 0 Å². The van der Waals surface area contributed by atoms with Gasteiger partial charge in [-0.1, -0.05) is 18.6 Å². The van der Waals surface area contributed by atoms with Crippen LogP contribution in [-0.4, -0.2) is 17.2 Å². The summed E-state index contributed by atoms with van der Waals surface area (Å²) in [5.74, 6) is -0.542. The molecule has 2 heterocycles. The molecule has 0 saturated heterocycles. The van der Waals surface area contributed by atoms with Crippen LogP contribution in [0.1, 0.15) is 41.9 Å². The van der Waals surface area contributed by atoms with Gasteiger partial charge in [0, 0.05) is 0 Å². The lowest BCUT2D eigenvalue weighted by atomic mass is 9.96. The standard InChI is InChI=1S/C16H18O3S2.FH/c17-15(19-12-6-2-1-3-7-12)16(18,13-8-4-10-20-13)14-9-5-11-21-14;/h4-5,8-12,18H,1-3,6-7H2;1H. The molecule has 0 amide bonds. The Labute approximate surface area is 136 Å². The number of carbonyl (C=O) groups excluding carboxylic acids is 1. The second-order valence-corrected chi connectivity index (χ2v) is 7.23. The van der Waals surface area contributed by atoms with Crippen LogP contribution in [0.25, 0.3) is 0 Å². The van der Waals surface area contributed by atoms with E-state index in [4.69, 9.17) is 4.74 Å². The highest BCUT2D eigenvalue weighted by Crippen LogP contribution is 2.37. The molecule has 0 atom stereocenters. The molecule has 0 spiro atoms. The molecule has 1 N–H and O–H groups in total. The first-order valence-electron chi connectivity index (χ1n) is 7.22. The maximum atomic E-state index is 12.7. The van der Waals surface area contributed by atoms with Crippen LogP contribution < -0.4 is 0 Å². The smallest absolute Gasteiger partial charge is 0.349 e.